The molecule has 4 aliphatic rings. The van der Waals surface area contributed by atoms with Crippen LogP contribution in [0.3, 0.4) is 0 Å². The minimum atomic E-state index is -0.668. The van der Waals surface area contributed by atoms with Crippen LogP contribution in [0.4, 0.5) is 0 Å². The fourth-order valence-corrected chi connectivity index (χ4v) is 4.77. The van der Waals surface area contributed by atoms with Crippen molar-refractivity contribution in [1.29, 1.82) is 0 Å². The van der Waals surface area contributed by atoms with Gasteiger partial charge in [0.15, 0.2) is 5.60 Å². The lowest BCUT2D eigenvalue weighted by Crippen LogP contribution is -2.74. The molecular weight excluding hydrogens is 264 g/mol. The highest BCUT2D eigenvalue weighted by Crippen LogP contribution is 2.59. The Kier molecular flexibility index (Phi) is 4.06. The van der Waals surface area contributed by atoms with E-state index in [2.05, 4.69) is 20.8 Å². The largest absolute Gasteiger partial charge is 0.464 e. The van der Waals surface area contributed by atoms with Gasteiger partial charge >= 0.3 is 5.97 Å². The predicted molar refractivity (Wildman–Crippen MR) is 81.9 cm³/mol. The lowest BCUT2D eigenvalue weighted by molar-refractivity contribution is -0.327. The molecular formula is C18H30O3. The molecule has 4 rings (SSSR count). The van der Waals surface area contributed by atoms with Crippen molar-refractivity contribution in [3.8, 4) is 0 Å². The zero-order valence-corrected chi connectivity index (χ0v) is 13.8. The summed E-state index contributed by atoms with van der Waals surface area (Å²) in [6.45, 7) is 7.25. The molecule has 1 aliphatic carbocycles. The molecule has 21 heavy (non-hydrogen) atoms. The minimum Gasteiger partial charge on any atom is -0.464 e. The van der Waals surface area contributed by atoms with Crippen molar-refractivity contribution < 1.29 is 14.3 Å². The molecule has 4 fully saturated rings. The van der Waals surface area contributed by atoms with E-state index in [-0.39, 0.29) is 17.5 Å². The molecule has 3 aliphatic heterocycles. The van der Waals surface area contributed by atoms with Crippen molar-refractivity contribution in [3.63, 3.8) is 0 Å². The summed E-state index contributed by atoms with van der Waals surface area (Å²) < 4.78 is 12.0. The van der Waals surface area contributed by atoms with Gasteiger partial charge in [-0.15, -0.1) is 0 Å². The van der Waals surface area contributed by atoms with Gasteiger partial charge in [-0.3, -0.25) is 0 Å². The first-order chi connectivity index (χ1) is 9.98. The van der Waals surface area contributed by atoms with E-state index < -0.39 is 5.60 Å². The first-order valence-corrected chi connectivity index (χ1v) is 8.83. The van der Waals surface area contributed by atoms with Crippen LogP contribution in [-0.2, 0) is 14.3 Å². The molecule has 0 aromatic heterocycles. The third kappa shape index (κ3) is 2.32. The van der Waals surface area contributed by atoms with Gasteiger partial charge in [0.2, 0.25) is 0 Å². The maximum atomic E-state index is 12.9. The van der Waals surface area contributed by atoms with Crippen LogP contribution in [0.5, 0.6) is 0 Å². The molecule has 0 amide bonds. The van der Waals surface area contributed by atoms with Crippen LogP contribution in [0.25, 0.3) is 0 Å². The standard InChI is InChI=1S/C18H30O3/c1-13-9-10-15-17(2,3)18(21-15,16(19)20-12-11-13)14-7-5-4-6-8-14/h13-15H,4-12H2,1-3H3/t13-,15+,18+/m0/s1. The Morgan fingerprint density at radius 2 is 1.71 bits per heavy atom. The van der Waals surface area contributed by atoms with Crippen LogP contribution in [-0.4, -0.2) is 24.3 Å². The van der Waals surface area contributed by atoms with E-state index in [0.29, 0.717) is 18.4 Å². The maximum Gasteiger partial charge on any atom is 0.339 e. The number of carbonyl (C=O) groups is 1. The van der Waals surface area contributed by atoms with Crippen molar-refractivity contribution in [2.75, 3.05) is 6.61 Å². The van der Waals surface area contributed by atoms with Crippen LogP contribution >= 0.6 is 0 Å². The second-order valence-electron chi connectivity index (χ2n) is 8.01. The molecule has 1 saturated carbocycles. The van der Waals surface area contributed by atoms with Crippen LogP contribution in [0.1, 0.15) is 72.1 Å². The summed E-state index contributed by atoms with van der Waals surface area (Å²) in [5.74, 6) is 0.881. The second-order valence-corrected chi connectivity index (χ2v) is 8.01. The third-order valence-electron chi connectivity index (χ3n) is 6.34. The molecule has 0 spiro atoms. The molecule has 0 aromatic rings. The van der Waals surface area contributed by atoms with Crippen LogP contribution in [0, 0.1) is 17.3 Å². The van der Waals surface area contributed by atoms with E-state index in [0.717, 1.165) is 25.7 Å². The van der Waals surface area contributed by atoms with Gasteiger partial charge in [-0.1, -0.05) is 40.0 Å². The molecule has 3 heterocycles. The molecule has 3 heteroatoms. The average molecular weight is 294 g/mol. The topological polar surface area (TPSA) is 35.5 Å². The molecule has 0 N–H and O–H groups in total. The van der Waals surface area contributed by atoms with E-state index in [1.165, 1.54) is 25.7 Å². The SMILES string of the molecule is C[C@@H]1CCOC(=O)[C@@]2(C3CCCCC3)O[C@H](CC1)C2(C)C. The molecule has 0 radical (unpaired) electrons. The van der Waals surface area contributed by atoms with Crippen molar-refractivity contribution >= 4 is 5.97 Å². The Hall–Kier alpha value is -0.570. The van der Waals surface area contributed by atoms with E-state index >= 15 is 0 Å². The minimum absolute atomic E-state index is 0.0789. The molecule has 3 nitrogen and oxygen atoms in total. The summed E-state index contributed by atoms with van der Waals surface area (Å²) in [7, 11) is 0. The molecule has 0 aromatic carbocycles. The summed E-state index contributed by atoms with van der Waals surface area (Å²) in [5.41, 5.74) is -0.762. The van der Waals surface area contributed by atoms with Crippen molar-refractivity contribution in [1.82, 2.24) is 0 Å². The quantitative estimate of drug-likeness (QED) is 0.683. The molecule has 0 unspecified atom stereocenters. The van der Waals surface area contributed by atoms with Crippen molar-refractivity contribution in [2.24, 2.45) is 17.3 Å². The monoisotopic (exact) mass is 294 g/mol. The third-order valence-corrected chi connectivity index (χ3v) is 6.34. The first-order valence-electron chi connectivity index (χ1n) is 8.83. The molecule has 3 atom stereocenters. The Bertz CT molecular complexity index is 397. The fourth-order valence-electron chi connectivity index (χ4n) is 4.77. The highest BCUT2D eigenvalue weighted by molar-refractivity contribution is 5.83. The van der Waals surface area contributed by atoms with Gasteiger partial charge in [0, 0.05) is 5.41 Å². The number of hydrogen-bond acceptors (Lipinski definition) is 3. The van der Waals surface area contributed by atoms with Crippen LogP contribution < -0.4 is 0 Å². The van der Waals surface area contributed by atoms with Crippen LogP contribution in [0.2, 0.25) is 0 Å². The lowest BCUT2D eigenvalue weighted by atomic mass is 9.56. The van der Waals surface area contributed by atoms with Crippen molar-refractivity contribution in [2.45, 2.75) is 83.8 Å². The Labute approximate surface area is 128 Å². The summed E-state index contributed by atoms with van der Waals surface area (Å²) in [5, 5.41) is 0. The Morgan fingerprint density at radius 3 is 2.38 bits per heavy atom. The summed E-state index contributed by atoms with van der Waals surface area (Å²) in [4.78, 5) is 12.9. The number of carbonyl (C=O) groups excluding carboxylic acids is 1. The van der Waals surface area contributed by atoms with Gasteiger partial charge < -0.3 is 9.47 Å². The Morgan fingerprint density at radius 1 is 1.00 bits per heavy atom. The van der Waals surface area contributed by atoms with Crippen molar-refractivity contribution in [3.05, 3.63) is 0 Å². The average Bonchev–Trinajstić information content (AvgIpc) is 2.47. The van der Waals surface area contributed by atoms with Gasteiger partial charge in [-0.2, -0.15) is 0 Å². The number of ether oxygens (including phenoxy) is 2. The number of hydrogen-bond donors (Lipinski definition) is 0. The highest BCUT2D eigenvalue weighted by atomic mass is 16.6. The first kappa shape index (κ1) is 15.3. The van der Waals surface area contributed by atoms with Gasteiger partial charge in [0.25, 0.3) is 0 Å². The highest BCUT2D eigenvalue weighted by Gasteiger charge is 2.69. The Balaban J connectivity index is 1.87. The van der Waals surface area contributed by atoms with Gasteiger partial charge in [0.05, 0.1) is 12.7 Å². The van der Waals surface area contributed by atoms with Crippen LogP contribution in [0.15, 0.2) is 0 Å². The number of fused-ring (bicyclic) bond motifs is 6. The van der Waals surface area contributed by atoms with Gasteiger partial charge in [-0.05, 0) is 43.9 Å². The fraction of sp³-hybridized carbons (Fsp3) is 0.944. The van der Waals surface area contributed by atoms with E-state index in [4.69, 9.17) is 9.47 Å². The predicted octanol–water partition coefficient (Wildman–Crippen LogP) is 4.09. The smallest absolute Gasteiger partial charge is 0.339 e. The summed E-state index contributed by atoms with van der Waals surface area (Å²) in [6, 6.07) is 0. The number of rotatable bonds is 1. The van der Waals surface area contributed by atoms with Gasteiger partial charge in [0.1, 0.15) is 0 Å². The zero-order valence-electron chi connectivity index (χ0n) is 13.8. The normalized spacial score (nSPS) is 41.0. The van der Waals surface area contributed by atoms with E-state index in [1.54, 1.807) is 0 Å². The zero-order chi connectivity index (χ0) is 15.1. The molecule has 2 bridgehead atoms. The molecule has 3 saturated heterocycles. The summed E-state index contributed by atoms with van der Waals surface area (Å²) >= 11 is 0. The van der Waals surface area contributed by atoms with Gasteiger partial charge in [-0.25, -0.2) is 4.79 Å². The number of esters is 1. The maximum absolute atomic E-state index is 12.9. The lowest BCUT2D eigenvalue weighted by Gasteiger charge is -2.63. The molecule has 120 valence electrons. The summed E-state index contributed by atoms with van der Waals surface area (Å²) in [6.07, 6.45) is 9.42. The van der Waals surface area contributed by atoms with E-state index in [9.17, 15) is 4.79 Å². The van der Waals surface area contributed by atoms with E-state index in [1.807, 2.05) is 0 Å². The second kappa shape index (κ2) is 5.57.